The van der Waals surface area contributed by atoms with Gasteiger partial charge in [-0.3, -0.25) is 4.98 Å². The molecule has 2 aromatic rings. The van der Waals surface area contributed by atoms with Crippen LogP contribution >= 0.6 is 0 Å². The molecule has 1 atom stereocenters. The molecule has 0 aromatic carbocycles. The van der Waals surface area contributed by atoms with Gasteiger partial charge in [-0.15, -0.1) is 0 Å². The summed E-state index contributed by atoms with van der Waals surface area (Å²) in [5, 5.41) is 9.22. The van der Waals surface area contributed by atoms with E-state index < -0.39 is 0 Å². The van der Waals surface area contributed by atoms with Gasteiger partial charge in [-0.1, -0.05) is 0 Å². The number of hydrogen-bond acceptors (Lipinski definition) is 6. The number of ether oxygens (including phenoxy) is 1. The summed E-state index contributed by atoms with van der Waals surface area (Å²) in [4.78, 5) is 15.5. The number of hydrogen-bond donors (Lipinski definition) is 1. The van der Waals surface area contributed by atoms with Crippen LogP contribution in [0, 0.1) is 6.92 Å². The zero-order valence-electron chi connectivity index (χ0n) is 14.1. The molecule has 24 heavy (non-hydrogen) atoms. The lowest BCUT2D eigenvalue weighted by atomic mass is 10.0. The minimum Gasteiger partial charge on any atom is -0.396 e. The van der Waals surface area contributed by atoms with E-state index in [0.717, 1.165) is 50.1 Å². The van der Waals surface area contributed by atoms with Gasteiger partial charge >= 0.3 is 0 Å². The van der Waals surface area contributed by atoms with Gasteiger partial charge in [0.25, 0.3) is 0 Å². The van der Waals surface area contributed by atoms with Gasteiger partial charge in [0.05, 0.1) is 12.3 Å². The first-order valence-corrected chi connectivity index (χ1v) is 8.44. The van der Waals surface area contributed by atoms with Crippen LogP contribution in [0.4, 0.5) is 5.82 Å². The van der Waals surface area contributed by atoms with Crippen molar-refractivity contribution in [3.63, 3.8) is 0 Å². The maximum Gasteiger partial charge on any atom is 0.132 e. The largest absolute Gasteiger partial charge is 0.396 e. The highest BCUT2D eigenvalue weighted by molar-refractivity contribution is 5.41. The predicted molar refractivity (Wildman–Crippen MR) is 91.9 cm³/mol. The van der Waals surface area contributed by atoms with Crippen molar-refractivity contribution in [2.45, 2.75) is 32.2 Å². The Morgan fingerprint density at radius 2 is 2.12 bits per heavy atom. The number of nitrogens with zero attached hydrogens (tertiary/aromatic N) is 4. The van der Waals surface area contributed by atoms with Gasteiger partial charge in [0.2, 0.25) is 0 Å². The van der Waals surface area contributed by atoms with E-state index in [0.29, 0.717) is 12.3 Å². The number of aliphatic hydroxyl groups is 1. The molecule has 0 bridgehead atoms. The Labute approximate surface area is 142 Å². The molecule has 3 rings (SSSR count). The van der Waals surface area contributed by atoms with Gasteiger partial charge in [0.15, 0.2) is 0 Å². The molecule has 6 nitrogen and oxygen atoms in total. The molecule has 0 amide bonds. The molecule has 1 aliphatic rings. The van der Waals surface area contributed by atoms with E-state index in [1.165, 1.54) is 5.56 Å². The summed E-state index contributed by atoms with van der Waals surface area (Å²) in [6.07, 6.45) is 5.31. The molecule has 0 aliphatic carbocycles. The minimum absolute atomic E-state index is 0.167. The Balaban J connectivity index is 1.85. The maximum absolute atomic E-state index is 9.22. The Bertz CT molecular complexity index is 645. The van der Waals surface area contributed by atoms with Crippen LogP contribution in [0.3, 0.4) is 0 Å². The summed E-state index contributed by atoms with van der Waals surface area (Å²) < 4.78 is 5.50. The monoisotopic (exact) mass is 328 g/mol. The first kappa shape index (κ1) is 16.8. The van der Waals surface area contributed by atoms with E-state index in [4.69, 9.17) is 4.74 Å². The van der Waals surface area contributed by atoms with E-state index >= 15 is 0 Å². The SMILES string of the molecule is Cc1nc([C@@H]2CCOC2)cc(N(CCCO)Cc2ccncc2)n1. The Morgan fingerprint density at radius 1 is 1.29 bits per heavy atom. The van der Waals surface area contributed by atoms with Gasteiger partial charge in [-0.25, -0.2) is 9.97 Å². The lowest BCUT2D eigenvalue weighted by Crippen LogP contribution is -2.26. The second kappa shape index (κ2) is 8.17. The number of pyridine rings is 1. The smallest absolute Gasteiger partial charge is 0.132 e. The van der Waals surface area contributed by atoms with Crippen molar-refractivity contribution in [2.75, 3.05) is 31.3 Å². The molecule has 128 valence electrons. The van der Waals surface area contributed by atoms with Crippen molar-refractivity contribution in [3.05, 3.63) is 47.7 Å². The van der Waals surface area contributed by atoms with Crippen molar-refractivity contribution in [3.8, 4) is 0 Å². The number of rotatable bonds is 7. The second-order valence-electron chi connectivity index (χ2n) is 6.11. The molecule has 0 saturated carbocycles. The van der Waals surface area contributed by atoms with Crippen LogP contribution in [0.25, 0.3) is 0 Å². The van der Waals surface area contributed by atoms with Crippen molar-refractivity contribution >= 4 is 5.82 Å². The van der Waals surface area contributed by atoms with Gasteiger partial charge in [-0.05, 0) is 37.5 Å². The normalized spacial score (nSPS) is 17.2. The summed E-state index contributed by atoms with van der Waals surface area (Å²) in [6, 6.07) is 6.09. The molecular formula is C18H24N4O2. The third-order valence-corrected chi connectivity index (χ3v) is 4.23. The van der Waals surface area contributed by atoms with Crippen LogP contribution < -0.4 is 4.90 Å². The number of aromatic nitrogens is 3. The molecule has 6 heteroatoms. The van der Waals surface area contributed by atoms with E-state index in [1.54, 1.807) is 12.4 Å². The van der Waals surface area contributed by atoms with Crippen molar-refractivity contribution < 1.29 is 9.84 Å². The van der Waals surface area contributed by atoms with Crippen molar-refractivity contribution in [2.24, 2.45) is 0 Å². The highest BCUT2D eigenvalue weighted by Gasteiger charge is 2.21. The van der Waals surface area contributed by atoms with Crippen LogP contribution in [-0.2, 0) is 11.3 Å². The molecule has 3 heterocycles. The molecular weight excluding hydrogens is 304 g/mol. The molecule has 1 aliphatic heterocycles. The van der Waals surface area contributed by atoms with Crippen LogP contribution in [0.2, 0.25) is 0 Å². The third kappa shape index (κ3) is 4.27. The molecule has 0 unspecified atom stereocenters. The van der Waals surface area contributed by atoms with Gasteiger partial charge in [0, 0.05) is 50.7 Å². The fraction of sp³-hybridized carbons (Fsp3) is 0.500. The average Bonchev–Trinajstić information content (AvgIpc) is 3.13. The zero-order chi connectivity index (χ0) is 16.8. The predicted octanol–water partition coefficient (Wildman–Crippen LogP) is 2.07. The first-order chi connectivity index (χ1) is 11.8. The van der Waals surface area contributed by atoms with Gasteiger partial charge < -0.3 is 14.7 Å². The standard InChI is InChI=1S/C18H24N4O2/c1-14-20-17(16-5-10-24-13-16)11-18(21-14)22(8-2-9-23)12-15-3-6-19-7-4-15/h3-4,6-7,11,16,23H,2,5,8-10,12-13H2,1H3/t16-/m1/s1. The Hall–Kier alpha value is -2.05. The number of aryl methyl sites for hydroxylation is 1. The summed E-state index contributed by atoms with van der Waals surface area (Å²) in [5.41, 5.74) is 2.23. The Kier molecular flexibility index (Phi) is 5.72. The van der Waals surface area contributed by atoms with Gasteiger partial charge in [0.1, 0.15) is 11.6 Å². The molecule has 2 aromatic heterocycles. The summed E-state index contributed by atoms with van der Waals surface area (Å²) in [7, 11) is 0. The highest BCUT2D eigenvalue weighted by atomic mass is 16.5. The third-order valence-electron chi connectivity index (χ3n) is 4.23. The van der Waals surface area contributed by atoms with Crippen LogP contribution in [0.1, 0.15) is 35.8 Å². The lowest BCUT2D eigenvalue weighted by molar-refractivity contribution is 0.193. The molecule has 0 radical (unpaired) electrons. The van der Waals surface area contributed by atoms with Crippen LogP contribution in [0.5, 0.6) is 0 Å². The lowest BCUT2D eigenvalue weighted by Gasteiger charge is -2.25. The zero-order valence-corrected chi connectivity index (χ0v) is 14.1. The van der Waals surface area contributed by atoms with E-state index in [2.05, 4.69) is 25.9 Å². The summed E-state index contributed by atoms with van der Waals surface area (Å²) in [5.74, 6) is 2.04. The first-order valence-electron chi connectivity index (χ1n) is 8.44. The van der Waals surface area contributed by atoms with E-state index in [1.807, 2.05) is 19.1 Å². The van der Waals surface area contributed by atoms with Crippen molar-refractivity contribution in [1.29, 1.82) is 0 Å². The molecule has 1 fully saturated rings. The number of anilines is 1. The van der Waals surface area contributed by atoms with Crippen LogP contribution in [-0.4, -0.2) is 46.4 Å². The van der Waals surface area contributed by atoms with Crippen molar-refractivity contribution in [1.82, 2.24) is 15.0 Å². The summed E-state index contributed by atoms with van der Waals surface area (Å²) >= 11 is 0. The van der Waals surface area contributed by atoms with E-state index in [-0.39, 0.29) is 6.61 Å². The molecule has 1 saturated heterocycles. The number of aliphatic hydroxyl groups excluding tert-OH is 1. The highest BCUT2D eigenvalue weighted by Crippen LogP contribution is 2.26. The minimum atomic E-state index is 0.167. The van der Waals surface area contributed by atoms with Gasteiger partial charge in [-0.2, -0.15) is 0 Å². The fourth-order valence-electron chi connectivity index (χ4n) is 2.96. The summed E-state index contributed by atoms with van der Waals surface area (Å²) in [6.45, 7) is 5.11. The quantitative estimate of drug-likeness (QED) is 0.839. The molecule has 1 N–H and O–H groups in total. The fourth-order valence-corrected chi connectivity index (χ4v) is 2.96. The topological polar surface area (TPSA) is 71.4 Å². The maximum atomic E-state index is 9.22. The van der Waals surface area contributed by atoms with Crippen LogP contribution in [0.15, 0.2) is 30.6 Å². The molecule has 0 spiro atoms. The Morgan fingerprint density at radius 3 is 2.83 bits per heavy atom. The van der Waals surface area contributed by atoms with E-state index in [9.17, 15) is 5.11 Å². The second-order valence-corrected chi connectivity index (χ2v) is 6.11. The average molecular weight is 328 g/mol.